The number of aryl methyl sites for hydroxylation is 1. The summed E-state index contributed by atoms with van der Waals surface area (Å²) in [6, 6.07) is 6.36. The standard InChI is InChI=1S/C17H18BrFN6S/c1-2-24-11-15(18)16(23-24)8-20-17(26)22-14-7-21-25(10-14)9-12-3-5-13(19)6-4-12/h3-7,10-11H,2,8-9H2,1H3,(H2,20,22,26). The third kappa shape index (κ3) is 4.89. The summed E-state index contributed by atoms with van der Waals surface area (Å²) in [6.07, 6.45) is 5.48. The van der Waals surface area contributed by atoms with Gasteiger partial charge in [0.2, 0.25) is 0 Å². The van der Waals surface area contributed by atoms with Gasteiger partial charge in [-0.3, -0.25) is 9.36 Å². The first-order valence-electron chi connectivity index (χ1n) is 8.07. The van der Waals surface area contributed by atoms with Gasteiger partial charge in [0, 0.05) is 18.9 Å². The smallest absolute Gasteiger partial charge is 0.171 e. The third-order valence-corrected chi connectivity index (χ3v) is 4.59. The quantitative estimate of drug-likeness (QED) is 0.578. The van der Waals surface area contributed by atoms with Crippen molar-refractivity contribution in [1.29, 1.82) is 0 Å². The highest BCUT2D eigenvalue weighted by molar-refractivity contribution is 9.10. The maximum atomic E-state index is 13.0. The SMILES string of the molecule is CCn1cc(Br)c(CNC(=S)Nc2cnn(Cc3ccc(F)cc3)c2)n1. The Hall–Kier alpha value is -2.26. The molecule has 9 heteroatoms. The van der Waals surface area contributed by atoms with Crippen LogP contribution in [0.25, 0.3) is 0 Å². The number of thiocarbonyl (C=S) groups is 1. The molecule has 0 radical (unpaired) electrons. The van der Waals surface area contributed by atoms with Gasteiger partial charge in [-0.15, -0.1) is 0 Å². The Morgan fingerprint density at radius 2 is 2.00 bits per heavy atom. The second-order valence-corrected chi connectivity index (χ2v) is 6.90. The second kappa shape index (κ2) is 8.41. The van der Waals surface area contributed by atoms with Gasteiger partial charge < -0.3 is 10.6 Å². The van der Waals surface area contributed by atoms with E-state index in [1.54, 1.807) is 23.0 Å². The van der Waals surface area contributed by atoms with Crippen LogP contribution in [-0.2, 0) is 19.6 Å². The lowest BCUT2D eigenvalue weighted by atomic mass is 10.2. The third-order valence-electron chi connectivity index (χ3n) is 3.68. The van der Waals surface area contributed by atoms with Crippen LogP contribution < -0.4 is 10.6 Å². The maximum absolute atomic E-state index is 13.0. The first-order valence-corrected chi connectivity index (χ1v) is 9.27. The molecule has 3 aromatic rings. The fraction of sp³-hybridized carbons (Fsp3) is 0.235. The molecule has 0 spiro atoms. The molecule has 2 aromatic heterocycles. The van der Waals surface area contributed by atoms with Crippen LogP contribution in [0.4, 0.5) is 10.1 Å². The van der Waals surface area contributed by atoms with Crippen LogP contribution in [0, 0.1) is 5.82 Å². The first-order chi connectivity index (χ1) is 12.5. The molecule has 6 nitrogen and oxygen atoms in total. The van der Waals surface area contributed by atoms with Gasteiger partial charge in [-0.2, -0.15) is 10.2 Å². The second-order valence-electron chi connectivity index (χ2n) is 5.64. The molecule has 0 saturated heterocycles. The molecule has 1 aromatic carbocycles. The number of rotatable bonds is 6. The number of hydrogen-bond donors (Lipinski definition) is 2. The number of aromatic nitrogens is 4. The van der Waals surface area contributed by atoms with Gasteiger partial charge in [-0.25, -0.2) is 4.39 Å². The minimum absolute atomic E-state index is 0.247. The molecule has 2 N–H and O–H groups in total. The molecule has 2 heterocycles. The highest BCUT2D eigenvalue weighted by atomic mass is 79.9. The minimum Gasteiger partial charge on any atom is -0.357 e. The van der Waals surface area contributed by atoms with Crippen LogP contribution in [0.5, 0.6) is 0 Å². The van der Waals surface area contributed by atoms with Crippen molar-refractivity contribution < 1.29 is 4.39 Å². The van der Waals surface area contributed by atoms with Gasteiger partial charge >= 0.3 is 0 Å². The molecule has 0 atom stereocenters. The molecule has 3 rings (SSSR count). The summed E-state index contributed by atoms with van der Waals surface area (Å²) in [5.41, 5.74) is 2.64. The lowest BCUT2D eigenvalue weighted by molar-refractivity contribution is 0.624. The zero-order chi connectivity index (χ0) is 18.5. The van der Waals surface area contributed by atoms with Crippen molar-refractivity contribution in [3.05, 3.63) is 64.4 Å². The van der Waals surface area contributed by atoms with Crippen LogP contribution in [0.1, 0.15) is 18.2 Å². The molecule has 0 bridgehead atoms. The Kier molecular flexibility index (Phi) is 6.00. The van der Waals surface area contributed by atoms with E-state index in [0.29, 0.717) is 18.2 Å². The Morgan fingerprint density at radius 1 is 1.23 bits per heavy atom. The zero-order valence-corrected chi connectivity index (χ0v) is 16.5. The summed E-state index contributed by atoms with van der Waals surface area (Å²) in [5.74, 6) is -0.247. The molecule has 0 aliphatic heterocycles. The van der Waals surface area contributed by atoms with Crippen LogP contribution in [-0.4, -0.2) is 24.7 Å². The maximum Gasteiger partial charge on any atom is 0.171 e. The van der Waals surface area contributed by atoms with Crippen molar-refractivity contribution in [2.24, 2.45) is 0 Å². The molecule has 0 saturated carbocycles. The van der Waals surface area contributed by atoms with E-state index < -0.39 is 0 Å². The van der Waals surface area contributed by atoms with Crippen molar-refractivity contribution >= 4 is 38.9 Å². The molecule has 0 unspecified atom stereocenters. The highest BCUT2D eigenvalue weighted by Gasteiger charge is 2.07. The number of anilines is 1. The van der Waals surface area contributed by atoms with Crippen molar-refractivity contribution in [1.82, 2.24) is 24.9 Å². The summed E-state index contributed by atoms with van der Waals surface area (Å²) in [6.45, 7) is 3.92. The van der Waals surface area contributed by atoms with Gasteiger partial charge in [0.15, 0.2) is 5.11 Å². The van der Waals surface area contributed by atoms with Crippen LogP contribution >= 0.6 is 28.1 Å². The van der Waals surface area contributed by atoms with E-state index in [0.717, 1.165) is 28.0 Å². The number of hydrogen-bond acceptors (Lipinski definition) is 3. The first kappa shape index (κ1) is 18.5. The van der Waals surface area contributed by atoms with Gasteiger partial charge in [-0.1, -0.05) is 12.1 Å². The van der Waals surface area contributed by atoms with Crippen molar-refractivity contribution in [2.75, 3.05) is 5.32 Å². The molecular formula is C17H18BrFN6S. The number of benzene rings is 1. The number of halogens is 2. The Labute approximate surface area is 164 Å². The molecular weight excluding hydrogens is 419 g/mol. The normalized spacial score (nSPS) is 10.7. The Morgan fingerprint density at radius 3 is 2.69 bits per heavy atom. The number of nitrogens with zero attached hydrogens (tertiary/aromatic N) is 4. The topological polar surface area (TPSA) is 59.7 Å². The zero-order valence-electron chi connectivity index (χ0n) is 14.1. The average Bonchev–Trinajstić information content (AvgIpc) is 3.21. The van der Waals surface area contributed by atoms with Crippen molar-refractivity contribution in [3.63, 3.8) is 0 Å². The van der Waals surface area contributed by atoms with Crippen LogP contribution in [0.15, 0.2) is 47.3 Å². The highest BCUT2D eigenvalue weighted by Crippen LogP contribution is 2.14. The molecule has 0 fully saturated rings. The number of nitrogens with one attached hydrogen (secondary N) is 2. The van der Waals surface area contributed by atoms with E-state index in [1.807, 2.05) is 24.0 Å². The van der Waals surface area contributed by atoms with Gasteiger partial charge in [-0.05, 0) is 52.8 Å². The van der Waals surface area contributed by atoms with Gasteiger partial charge in [0.1, 0.15) is 5.82 Å². The Balaban J connectivity index is 1.52. The lowest BCUT2D eigenvalue weighted by Crippen LogP contribution is -2.28. The summed E-state index contributed by atoms with van der Waals surface area (Å²) in [7, 11) is 0. The molecule has 0 aliphatic carbocycles. The fourth-order valence-corrected chi connectivity index (χ4v) is 3.00. The molecule has 0 amide bonds. The monoisotopic (exact) mass is 436 g/mol. The van der Waals surface area contributed by atoms with E-state index in [1.165, 1.54) is 12.1 Å². The lowest BCUT2D eigenvalue weighted by Gasteiger charge is -2.07. The predicted octanol–water partition coefficient (Wildman–Crippen LogP) is 3.54. The van der Waals surface area contributed by atoms with Crippen molar-refractivity contribution in [3.8, 4) is 0 Å². The van der Waals surface area contributed by atoms with E-state index in [-0.39, 0.29) is 5.82 Å². The molecule has 0 aliphatic rings. The summed E-state index contributed by atoms with van der Waals surface area (Å²) < 4.78 is 17.5. The summed E-state index contributed by atoms with van der Waals surface area (Å²) in [5, 5.41) is 15.4. The van der Waals surface area contributed by atoms with Crippen molar-refractivity contribution in [2.45, 2.75) is 26.6 Å². The Bertz CT molecular complexity index is 889. The van der Waals surface area contributed by atoms with Crippen LogP contribution in [0.2, 0.25) is 0 Å². The molecule has 136 valence electrons. The average molecular weight is 437 g/mol. The molecule has 26 heavy (non-hydrogen) atoms. The fourth-order valence-electron chi connectivity index (χ4n) is 2.35. The summed E-state index contributed by atoms with van der Waals surface area (Å²) >= 11 is 8.81. The van der Waals surface area contributed by atoms with Gasteiger partial charge in [0.05, 0.1) is 35.1 Å². The van der Waals surface area contributed by atoms with E-state index in [9.17, 15) is 4.39 Å². The summed E-state index contributed by atoms with van der Waals surface area (Å²) in [4.78, 5) is 0. The van der Waals surface area contributed by atoms with Gasteiger partial charge in [0.25, 0.3) is 0 Å². The van der Waals surface area contributed by atoms with E-state index in [2.05, 4.69) is 36.8 Å². The minimum atomic E-state index is -0.247. The van der Waals surface area contributed by atoms with E-state index in [4.69, 9.17) is 12.2 Å². The van der Waals surface area contributed by atoms with E-state index >= 15 is 0 Å². The van der Waals surface area contributed by atoms with Crippen LogP contribution in [0.3, 0.4) is 0 Å². The predicted molar refractivity (Wildman–Crippen MR) is 106 cm³/mol. The largest absolute Gasteiger partial charge is 0.357 e.